The van der Waals surface area contributed by atoms with Crippen molar-refractivity contribution in [3.63, 3.8) is 0 Å². The van der Waals surface area contributed by atoms with Gasteiger partial charge in [-0.05, 0) is 75.7 Å². The number of amides is 1. The van der Waals surface area contributed by atoms with Gasteiger partial charge in [-0.1, -0.05) is 32.0 Å². The summed E-state index contributed by atoms with van der Waals surface area (Å²) >= 11 is 0. The topological polar surface area (TPSA) is 32.3 Å². The molecule has 24 heavy (non-hydrogen) atoms. The largest absolute Gasteiger partial charge is 0.347 e. The predicted octanol–water partition coefficient (Wildman–Crippen LogP) is 3.89. The van der Waals surface area contributed by atoms with E-state index in [1.54, 1.807) is 0 Å². The monoisotopic (exact) mass is 330 g/mol. The van der Waals surface area contributed by atoms with Crippen LogP contribution in [0.15, 0.2) is 18.2 Å². The molecule has 1 aliphatic heterocycles. The molecule has 0 bridgehead atoms. The summed E-state index contributed by atoms with van der Waals surface area (Å²) in [4.78, 5) is 14.9. The predicted molar refractivity (Wildman–Crippen MR) is 101 cm³/mol. The molecule has 2 rings (SSSR count). The minimum atomic E-state index is -0.324. The maximum Gasteiger partial charge on any atom is 0.220 e. The Morgan fingerprint density at radius 1 is 1.29 bits per heavy atom. The number of carbonyl (C=O) groups excluding carboxylic acids is 1. The van der Waals surface area contributed by atoms with Gasteiger partial charge in [-0.25, -0.2) is 0 Å². The number of nitrogens with zero attached hydrogens (tertiary/aromatic N) is 1. The third-order valence-corrected chi connectivity index (χ3v) is 5.28. The molecule has 1 fully saturated rings. The van der Waals surface area contributed by atoms with E-state index >= 15 is 0 Å². The average molecular weight is 331 g/mol. The molecule has 0 aliphatic carbocycles. The molecular weight excluding hydrogens is 296 g/mol. The number of hydrogen-bond acceptors (Lipinski definition) is 2. The fourth-order valence-electron chi connectivity index (χ4n) is 3.94. The first-order chi connectivity index (χ1) is 11.4. The van der Waals surface area contributed by atoms with Crippen LogP contribution in [-0.4, -0.2) is 30.9 Å². The van der Waals surface area contributed by atoms with E-state index in [0.29, 0.717) is 12.3 Å². The highest BCUT2D eigenvalue weighted by atomic mass is 16.1. The van der Waals surface area contributed by atoms with Gasteiger partial charge in [-0.2, -0.15) is 0 Å². The van der Waals surface area contributed by atoms with Crippen molar-refractivity contribution in [1.29, 1.82) is 0 Å². The quantitative estimate of drug-likeness (QED) is 0.858. The van der Waals surface area contributed by atoms with Gasteiger partial charge in [-0.3, -0.25) is 4.79 Å². The fraction of sp³-hybridized carbons (Fsp3) is 0.667. The maximum absolute atomic E-state index is 12.6. The van der Waals surface area contributed by atoms with E-state index in [4.69, 9.17) is 0 Å². The Morgan fingerprint density at radius 2 is 2.04 bits per heavy atom. The van der Waals surface area contributed by atoms with Crippen molar-refractivity contribution >= 4 is 5.91 Å². The van der Waals surface area contributed by atoms with E-state index in [9.17, 15) is 4.79 Å². The Morgan fingerprint density at radius 3 is 2.67 bits per heavy atom. The van der Waals surface area contributed by atoms with Crippen molar-refractivity contribution in [3.8, 4) is 0 Å². The van der Waals surface area contributed by atoms with Gasteiger partial charge >= 0.3 is 0 Å². The second kappa shape index (κ2) is 8.15. The Labute approximate surface area is 147 Å². The van der Waals surface area contributed by atoms with Crippen LogP contribution in [0.2, 0.25) is 0 Å². The lowest BCUT2D eigenvalue weighted by molar-refractivity contribution is -0.124. The van der Waals surface area contributed by atoms with Crippen molar-refractivity contribution in [2.45, 2.75) is 65.3 Å². The summed E-state index contributed by atoms with van der Waals surface area (Å²) in [5, 5.41) is 3.29. The highest BCUT2D eigenvalue weighted by Gasteiger charge is 2.27. The second-order valence-electron chi connectivity index (χ2n) is 7.85. The number of benzene rings is 1. The molecule has 0 aromatic heterocycles. The first kappa shape index (κ1) is 19.0. The number of aryl methyl sites for hydroxylation is 2. The summed E-state index contributed by atoms with van der Waals surface area (Å²) < 4.78 is 0. The smallest absolute Gasteiger partial charge is 0.220 e. The standard InChI is InChI=1S/C21H34N2O/c1-6-16-10-11-19(18(7-2)13-16)21(3,4)22-20(24)14-17-9-8-12-23(5)15-17/h10-11,13,17H,6-9,12,14-15H2,1-5H3,(H,22,24)/t17-/m0/s1. The Kier molecular flexibility index (Phi) is 6.45. The zero-order chi connectivity index (χ0) is 17.7. The van der Waals surface area contributed by atoms with Crippen LogP contribution in [0.25, 0.3) is 0 Å². The molecule has 1 aromatic carbocycles. The Bertz CT molecular complexity index is 565. The molecule has 1 amide bonds. The number of nitrogens with one attached hydrogen (secondary N) is 1. The fourth-order valence-corrected chi connectivity index (χ4v) is 3.94. The minimum absolute atomic E-state index is 0.182. The van der Waals surface area contributed by atoms with Crippen LogP contribution in [0.4, 0.5) is 0 Å². The first-order valence-corrected chi connectivity index (χ1v) is 9.47. The number of rotatable bonds is 6. The average Bonchev–Trinajstić information content (AvgIpc) is 2.53. The summed E-state index contributed by atoms with van der Waals surface area (Å²) in [5.74, 6) is 0.676. The molecule has 1 saturated heterocycles. The summed E-state index contributed by atoms with van der Waals surface area (Å²) in [7, 11) is 2.15. The molecule has 3 heteroatoms. The van der Waals surface area contributed by atoms with Gasteiger partial charge in [0.2, 0.25) is 5.91 Å². The molecule has 1 atom stereocenters. The van der Waals surface area contributed by atoms with Crippen molar-refractivity contribution in [1.82, 2.24) is 10.2 Å². The summed E-state index contributed by atoms with van der Waals surface area (Å²) in [6.07, 6.45) is 5.06. The molecule has 1 heterocycles. The molecule has 0 unspecified atom stereocenters. The molecular formula is C21H34N2O. The zero-order valence-electron chi connectivity index (χ0n) is 16.1. The lowest BCUT2D eigenvalue weighted by Crippen LogP contribution is -2.43. The van der Waals surface area contributed by atoms with E-state index in [2.05, 4.69) is 63.2 Å². The van der Waals surface area contributed by atoms with Crippen LogP contribution >= 0.6 is 0 Å². The van der Waals surface area contributed by atoms with Gasteiger partial charge in [0.25, 0.3) is 0 Å². The Balaban J connectivity index is 2.05. The van der Waals surface area contributed by atoms with E-state index in [1.165, 1.54) is 29.5 Å². The highest BCUT2D eigenvalue weighted by molar-refractivity contribution is 5.77. The first-order valence-electron chi connectivity index (χ1n) is 9.47. The number of carbonyl (C=O) groups is 1. The second-order valence-corrected chi connectivity index (χ2v) is 7.85. The third-order valence-electron chi connectivity index (χ3n) is 5.28. The molecule has 134 valence electrons. The van der Waals surface area contributed by atoms with Crippen LogP contribution in [0.1, 0.15) is 63.6 Å². The van der Waals surface area contributed by atoms with Crippen LogP contribution in [0.5, 0.6) is 0 Å². The highest BCUT2D eigenvalue weighted by Crippen LogP contribution is 2.27. The van der Waals surface area contributed by atoms with Crippen molar-refractivity contribution in [2.24, 2.45) is 5.92 Å². The summed E-state index contributed by atoms with van der Waals surface area (Å²) in [6, 6.07) is 6.68. The normalized spacial score (nSPS) is 19.3. The van der Waals surface area contributed by atoms with Crippen LogP contribution in [-0.2, 0) is 23.2 Å². The molecule has 1 aliphatic rings. The lowest BCUT2D eigenvalue weighted by atomic mass is 9.86. The number of likely N-dealkylation sites (tertiary alicyclic amines) is 1. The van der Waals surface area contributed by atoms with Crippen molar-refractivity contribution in [3.05, 3.63) is 34.9 Å². The summed E-state index contributed by atoms with van der Waals surface area (Å²) in [5.41, 5.74) is 3.63. The summed E-state index contributed by atoms with van der Waals surface area (Å²) in [6.45, 7) is 10.8. The van der Waals surface area contributed by atoms with E-state index < -0.39 is 0 Å². The molecule has 0 saturated carbocycles. The van der Waals surface area contributed by atoms with E-state index in [1.807, 2.05) is 0 Å². The van der Waals surface area contributed by atoms with Gasteiger partial charge in [-0.15, -0.1) is 0 Å². The van der Waals surface area contributed by atoms with Crippen LogP contribution < -0.4 is 5.32 Å². The number of piperidine rings is 1. The van der Waals surface area contributed by atoms with Crippen LogP contribution in [0, 0.1) is 5.92 Å². The number of hydrogen-bond donors (Lipinski definition) is 1. The molecule has 0 radical (unpaired) electrons. The Hall–Kier alpha value is -1.35. The molecule has 1 N–H and O–H groups in total. The van der Waals surface area contributed by atoms with Gasteiger partial charge < -0.3 is 10.2 Å². The maximum atomic E-state index is 12.6. The molecule has 1 aromatic rings. The third kappa shape index (κ3) is 4.83. The molecule has 0 spiro atoms. The van der Waals surface area contributed by atoms with Gasteiger partial charge in [0.1, 0.15) is 0 Å². The SMILES string of the molecule is CCc1ccc(C(C)(C)NC(=O)C[C@@H]2CCCN(C)C2)c(CC)c1. The van der Waals surface area contributed by atoms with Gasteiger partial charge in [0, 0.05) is 13.0 Å². The zero-order valence-corrected chi connectivity index (χ0v) is 16.1. The minimum Gasteiger partial charge on any atom is -0.347 e. The lowest BCUT2D eigenvalue weighted by Gasteiger charge is -2.32. The van der Waals surface area contributed by atoms with Gasteiger partial charge in [0.05, 0.1) is 5.54 Å². The van der Waals surface area contributed by atoms with Crippen molar-refractivity contribution < 1.29 is 4.79 Å². The van der Waals surface area contributed by atoms with Crippen LogP contribution in [0.3, 0.4) is 0 Å². The van der Waals surface area contributed by atoms with E-state index in [-0.39, 0.29) is 11.4 Å². The van der Waals surface area contributed by atoms with Crippen molar-refractivity contribution in [2.75, 3.05) is 20.1 Å². The van der Waals surface area contributed by atoms with E-state index in [0.717, 1.165) is 25.9 Å². The van der Waals surface area contributed by atoms with Gasteiger partial charge in [0.15, 0.2) is 0 Å². The molecule has 3 nitrogen and oxygen atoms in total.